The first-order chi connectivity index (χ1) is 16.4. The lowest BCUT2D eigenvalue weighted by molar-refractivity contribution is -0.120. The molecule has 4 rings (SSSR count). The van der Waals surface area contributed by atoms with E-state index in [9.17, 15) is 13.2 Å². The molecule has 1 N–H and O–H groups in total. The summed E-state index contributed by atoms with van der Waals surface area (Å²) in [7, 11) is -4.00. The van der Waals surface area contributed by atoms with Crippen molar-refractivity contribution in [1.29, 1.82) is 0 Å². The maximum atomic E-state index is 13.4. The summed E-state index contributed by atoms with van der Waals surface area (Å²) in [5.74, 6) is -0.421. The molecule has 0 aliphatic carbocycles. The average Bonchev–Trinajstić information content (AvgIpc) is 3.39. The van der Waals surface area contributed by atoms with Crippen molar-refractivity contribution in [2.75, 3.05) is 28.8 Å². The van der Waals surface area contributed by atoms with Gasteiger partial charge in [-0.15, -0.1) is 0 Å². The Morgan fingerprint density at radius 3 is 2.24 bits per heavy atom. The van der Waals surface area contributed by atoms with Crippen LogP contribution in [0.5, 0.6) is 0 Å². The van der Waals surface area contributed by atoms with Crippen LogP contribution in [0.3, 0.4) is 0 Å². The van der Waals surface area contributed by atoms with Crippen molar-refractivity contribution in [1.82, 2.24) is 5.32 Å². The van der Waals surface area contributed by atoms with Gasteiger partial charge < -0.3 is 10.2 Å². The number of nitrogens with zero attached hydrogens (tertiary/aromatic N) is 2. The lowest BCUT2D eigenvalue weighted by atomic mass is 10.1. The number of halogens is 1. The van der Waals surface area contributed by atoms with Gasteiger partial charge in [0.2, 0.25) is 5.91 Å². The molecule has 0 radical (unpaired) electrons. The van der Waals surface area contributed by atoms with E-state index in [4.69, 9.17) is 11.6 Å². The van der Waals surface area contributed by atoms with Gasteiger partial charge in [-0.1, -0.05) is 54.1 Å². The summed E-state index contributed by atoms with van der Waals surface area (Å²) in [6.07, 6.45) is 2.42. The molecule has 0 aromatic heterocycles. The van der Waals surface area contributed by atoms with E-state index in [1.54, 1.807) is 42.5 Å². The van der Waals surface area contributed by atoms with Crippen LogP contribution in [0.15, 0.2) is 83.8 Å². The Hall–Kier alpha value is -3.03. The van der Waals surface area contributed by atoms with Crippen molar-refractivity contribution < 1.29 is 13.2 Å². The van der Waals surface area contributed by atoms with Crippen LogP contribution < -0.4 is 14.5 Å². The number of carbonyl (C=O) groups is 1. The van der Waals surface area contributed by atoms with Crippen molar-refractivity contribution in [2.45, 2.75) is 30.7 Å². The van der Waals surface area contributed by atoms with E-state index in [1.165, 1.54) is 30.7 Å². The summed E-state index contributed by atoms with van der Waals surface area (Å²) < 4.78 is 27.9. The normalized spacial score (nSPS) is 14.6. The number of hydrogen-bond acceptors (Lipinski definition) is 4. The fraction of sp³-hybridized carbons (Fsp3) is 0.269. The van der Waals surface area contributed by atoms with Crippen LogP contribution in [-0.4, -0.2) is 34.0 Å². The number of hydrogen-bond donors (Lipinski definition) is 1. The molecule has 1 unspecified atom stereocenters. The highest BCUT2D eigenvalue weighted by molar-refractivity contribution is 7.92. The Labute approximate surface area is 206 Å². The van der Waals surface area contributed by atoms with Crippen LogP contribution in [0.4, 0.5) is 11.4 Å². The van der Waals surface area contributed by atoms with Gasteiger partial charge in [-0.05, 0) is 61.7 Å². The minimum Gasteiger partial charge on any atom is -0.372 e. The zero-order chi connectivity index (χ0) is 24.1. The predicted octanol–water partition coefficient (Wildman–Crippen LogP) is 5.01. The van der Waals surface area contributed by atoms with Gasteiger partial charge in [0.15, 0.2) is 0 Å². The molecule has 0 bridgehead atoms. The Balaban J connectivity index is 1.52. The molecule has 1 aliphatic rings. The van der Waals surface area contributed by atoms with E-state index >= 15 is 0 Å². The van der Waals surface area contributed by atoms with Gasteiger partial charge in [-0.2, -0.15) is 0 Å². The van der Waals surface area contributed by atoms with Gasteiger partial charge >= 0.3 is 0 Å². The molecule has 0 spiro atoms. The Bertz CT molecular complexity index is 1230. The van der Waals surface area contributed by atoms with Gasteiger partial charge in [-0.3, -0.25) is 9.10 Å². The lowest BCUT2D eigenvalue weighted by Crippen LogP contribution is -2.41. The summed E-state index contributed by atoms with van der Waals surface area (Å²) in [5, 5.41) is 3.18. The number of benzene rings is 3. The Morgan fingerprint density at radius 2 is 1.59 bits per heavy atom. The number of amides is 1. The maximum Gasteiger partial charge on any atom is 0.264 e. The SMILES string of the molecule is CC(NC(=O)CN(c1ccccc1Cl)S(=O)(=O)c1ccccc1)c1ccc(N2CCCC2)cc1. The predicted molar refractivity (Wildman–Crippen MR) is 137 cm³/mol. The summed E-state index contributed by atoms with van der Waals surface area (Å²) >= 11 is 6.32. The third kappa shape index (κ3) is 5.37. The highest BCUT2D eigenvalue weighted by Gasteiger charge is 2.29. The monoisotopic (exact) mass is 497 g/mol. The average molecular weight is 498 g/mol. The van der Waals surface area contributed by atoms with Crippen LogP contribution in [-0.2, 0) is 14.8 Å². The Kier molecular flexibility index (Phi) is 7.44. The molecule has 6 nitrogen and oxygen atoms in total. The topological polar surface area (TPSA) is 69.7 Å². The van der Waals surface area contributed by atoms with E-state index in [1.807, 2.05) is 19.1 Å². The number of sulfonamides is 1. The fourth-order valence-electron chi connectivity index (χ4n) is 4.12. The standard InChI is InChI=1S/C26H28ClN3O3S/c1-20(21-13-15-22(16-14-21)29-17-7-8-18-29)28-26(31)19-30(25-12-6-5-11-24(25)27)34(32,33)23-9-3-2-4-10-23/h2-6,9-16,20H,7-8,17-19H2,1H3,(H,28,31). The number of para-hydroxylation sites is 1. The van der Waals surface area contributed by atoms with Gasteiger partial charge in [0.1, 0.15) is 6.54 Å². The zero-order valence-corrected chi connectivity index (χ0v) is 20.6. The maximum absolute atomic E-state index is 13.4. The van der Waals surface area contributed by atoms with Gasteiger partial charge in [0, 0.05) is 18.8 Å². The molecule has 1 fully saturated rings. The molecule has 1 saturated heterocycles. The van der Waals surface area contributed by atoms with Crippen LogP contribution in [0.1, 0.15) is 31.4 Å². The second kappa shape index (κ2) is 10.5. The summed E-state index contributed by atoms with van der Waals surface area (Å²) in [6, 6.07) is 22.5. The summed E-state index contributed by atoms with van der Waals surface area (Å²) in [4.78, 5) is 15.4. The zero-order valence-electron chi connectivity index (χ0n) is 19.0. The van der Waals surface area contributed by atoms with Crippen LogP contribution in [0.25, 0.3) is 0 Å². The minimum atomic E-state index is -4.00. The summed E-state index contributed by atoms with van der Waals surface area (Å²) in [6.45, 7) is 3.63. The highest BCUT2D eigenvalue weighted by Crippen LogP contribution is 2.30. The van der Waals surface area contributed by atoms with Crippen LogP contribution >= 0.6 is 11.6 Å². The third-order valence-electron chi connectivity index (χ3n) is 5.98. The lowest BCUT2D eigenvalue weighted by Gasteiger charge is -2.26. The molecule has 3 aromatic rings. The van der Waals surface area contributed by atoms with Crippen molar-refractivity contribution >= 4 is 38.9 Å². The second-order valence-electron chi connectivity index (χ2n) is 8.35. The minimum absolute atomic E-state index is 0.0910. The first-order valence-corrected chi connectivity index (χ1v) is 13.1. The third-order valence-corrected chi connectivity index (χ3v) is 8.07. The quantitative estimate of drug-likeness (QED) is 0.474. The van der Waals surface area contributed by atoms with Crippen LogP contribution in [0, 0.1) is 0 Å². The van der Waals surface area contributed by atoms with Crippen molar-refractivity contribution in [3.05, 3.63) is 89.4 Å². The van der Waals surface area contributed by atoms with E-state index in [0.717, 1.165) is 23.0 Å². The molecule has 1 amide bonds. The largest absolute Gasteiger partial charge is 0.372 e. The number of nitrogens with one attached hydrogen (secondary N) is 1. The van der Waals surface area contributed by atoms with Crippen molar-refractivity contribution in [2.24, 2.45) is 0 Å². The molecule has 1 atom stereocenters. The van der Waals surface area contributed by atoms with Gasteiger partial charge in [0.05, 0.1) is 21.6 Å². The van der Waals surface area contributed by atoms with Crippen molar-refractivity contribution in [3.63, 3.8) is 0 Å². The van der Waals surface area contributed by atoms with E-state index in [-0.39, 0.29) is 21.6 Å². The molecule has 0 saturated carbocycles. The molecular weight excluding hydrogens is 470 g/mol. The number of carbonyl (C=O) groups excluding carboxylic acids is 1. The van der Waals surface area contributed by atoms with E-state index < -0.39 is 22.5 Å². The molecule has 178 valence electrons. The molecule has 8 heteroatoms. The first kappa shape index (κ1) is 24.1. The van der Waals surface area contributed by atoms with Crippen LogP contribution in [0.2, 0.25) is 5.02 Å². The molecule has 3 aromatic carbocycles. The van der Waals surface area contributed by atoms with Gasteiger partial charge in [-0.25, -0.2) is 8.42 Å². The highest BCUT2D eigenvalue weighted by atomic mass is 35.5. The smallest absolute Gasteiger partial charge is 0.264 e. The molecule has 34 heavy (non-hydrogen) atoms. The number of anilines is 2. The van der Waals surface area contributed by atoms with Gasteiger partial charge in [0.25, 0.3) is 10.0 Å². The first-order valence-electron chi connectivity index (χ1n) is 11.3. The second-order valence-corrected chi connectivity index (χ2v) is 10.6. The molecule has 1 aliphatic heterocycles. The molecular formula is C26H28ClN3O3S. The fourth-order valence-corrected chi connectivity index (χ4v) is 5.87. The van der Waals surface area contributed by atoms with E-state index in [2.05, 4.69) is 22.3 Å². The molecule has 1 heterocycles. The number of rotatable bonds is 8. The Morgan fingerprint density at radius 1 is 0.971 bits per heavy atom. The summed E-state index contributed by atoms with van der Waals surface area (Å²) in [5.41, 5.74) is 2.39. The van der Waals surface area contributed by atoms with Crippen molar-refractivity contribution in [3.8, 4) is 0 Å². The van der Waals surface area contributed by atoms with E-state index in [0.29, 0.717) is 0 Å².